The van der Waals surface area contributed by atoms with E-state index in [4.69, 9.17) is 16.0 Å². The Balaban J connectivity index is 2.13. The van der Waals surface area contributed by atoms with Crippen LogP contribution < -0.4 is 10.6 Å². The summed E-state index contributed by atoms with van der Waals surface area (Å²) in [5.41, 5.74) is 1.24. The molecule has 0 aliphatic rings. The molecule has 0 aliphatic heterocycles. The van der Waals surface area contributed by atoms with E-state index in [2.05, 4.69) is 26.6 Å². The van der Waals surface area contributed by atoms with Crippen molar-refractivity contribution in [3.05, 3.63) is 51.3 Å². The number of furan rings is 1. The second kappa shape index (κ2) is 6.12. The molecule has 2 aromatic rings. The summed E-state index contributed by atoms with van der Waals surface area (Å²) >= 11 is 9.36. The molecule has 0 saturated heterocycles. The summed E-state index contributed by atoms with van der Waals surface area (Å²) in [5, 5.41) is 6.14. The van der Waals surface area contributed by atoms with Gasteiger partial charge in [-0.2, -0.15) is 0 Å². The topological polar surface area (TPSA) is 54.3 Å². The Hall–Kier alpha value is -1.46. The third-order valence-corrected chi connectivity index (χ3v) is 3.62. The van der Waals surface area contributed by atoms with E-state index in [9.17, 15) is 4.79 Å². The Labute approximate surface area is 124 Å². The van der Waals surface area contributed by atoms with E-state index >= 15 is 0 Å². The molecule has 1 amide bonds. The summed E-state index contributed by atoms with van der Waals surface area (Å²) in [6.07, 6.45) is 1.61. The number of hydrogen-bond acceptors (Lipinski definition) is 3. The largest absolute Gasteiger partial charge is 0.466 e. The van der Waals surface area contributed by atoms with Crippen LogP contribution in [-0.4, -0.2) is 13.0 Å². The van der Waals surface area contributed by atoms with Crippen LogP contribution in [0.2, 0.25) is 5.02 Å². The molecule has 1 aromatic heterocycles. The molecule has 0 aliphatic carbocycles. The van der Waals surface area contributed by atoms with Crippen LogP contribution in [0.25, 0.3) is 0 Å². The molecule has 0 unspecified atom stereocenters. The number of carbonyl (C=O) groups is 1. The maximum Gasteiger partial charge on any atom is 0.252 e. The molecule has 0 atom stereocenters. The van der Waals surface area contributed by atoms with Crippen LogP contribution in [-0.2, 0) is 6.54 Å². The summed E-state index contributed by atoms with van der Waals surface area (Å²) < 4.78 is 6.20. The van der Waals surface area contributed by atoms with Crippen molar-refractivity contribution in [1.29, 1.82) is 0 Å². The van der Waals surface area contributed by atoms with E-state index in [1.807, 2.05) is 12.1 Å². The van der Waals surface area contributed by atoms with Crippen LogP contribution in [0, 0.1) is 0 Å². The minimum absolute atomic E-state index is 0.215. The Kier molecular flexibility index (Phi) is 4.50. The van der Waals surface area contributed by atoms with Crippen molar-refractivity contribution in [2.24, 2.45) is 0 Å². The SMILES string of the molecule is CNC(=O)c1cc(NCc2occc2Br)ccc1Cl. The first kappa shape index (κ1) is 14.0. The standard InChI is InChI=1S/C13H12BrClN2O2/c1-16-13(18)9-6-8(2-3-11(9)15)17-7-12-10(14)4-5-19-12/h2-6,17H,7H2,1H3,(H,16,18). The molecule has 2 N–H and O–H groups in total. The third-order valence-electron chi connectivity index (χ3n) is 2.58. The van der Waals surface area contributed by atoms with Gasteiger partial charge < -0.3 is 15.1 Å². The first-order valence-electron chi connectivity index (χ1n) is 5.59. The fourth-order valence-corrected chi connectivity index (χ4v) is 2.12. The van der Waals surface area contributed by atoms with Gasteiger partial charge in [-0.25, -0.2) is 0 Å². The van der Waals surface area contributed by atoms with Gasteiger partial charge >= 0.3 is 0 Å². The minimum Gasteiger partial charge on any atom is -0.466 e. The Morgan fingerprint density at radius 3 is 2.84 bits per heavy atom. The summed E-state index contributed by atoms with van der Waals surface area (Å²) in [6, 6.07) is 7.03. The highest BCUT2D eigenvalue weighted by Gasteiger charge is 2.10. The zero-order chi connectivity index (χ0) is 13.8. The fourth-order valence-electron chi connectivity index (χ4n) is 1.58. The molecule has 0 saturated carbocycles. The number of halogens is 2. The first-order valence-corrected chi connectivity index (χ1v) is 6.76. The number of benzene rings is 1. The normalized spacial score (nSPS) is 10.3. The Morgan fingerprint density at radius 2 is 2.21 bits per heavy atom. The molecule has 100 valence electrons. The molecule has 0 bridgehead atoms. The lowest BCUT2D eigenvalue weighted by Crippen LogP contribution is -2.18. The molecule has 19 heavy (non-hydrogen) atoms. The lowest BCUT2D eigenvalue weighted by Gasteiger charge is -2.08. The van der Waals surface area contributed by atoms with Gasteiger partial charge in [-0.3, -0.25) is 4.79 Å². The Bertz CT molecular complexity index is 598. The fraction of sp³-hybridized carbons (Fsp3) is 0.154. The van der Waals surface area contributed by atoms with E-state index < -0.39 is 0 Å². The van der Waals surface area contributed by atoms with Gasteiger partial charge in [0.1, 0.15) is 5.76 Å². The first-order chi connectivity index (χ1) is 9.11. The zero-order valence-corrected chi connectivity index (χ0v) is 12.5. The molecular formula is C13H12BrClN2O2. The van der Waals surface area contributed by atoms with Crippen LogP contribution in [0.3, 0.4) is 0 Å². The van der Waals surface area contributed by atoms with Crippen molar-refractivity contribution in [1.82, 2.24) is 5.32 Å². The molecule has 4 nitrogen and oxygen atoms in total. The van der Waals surface area contributed by atoms with Crippen molar-refractivity contribution in [3.63, 3.8) is 0 Å². The number of rotatable bonds is 4. The quantitative estimate of drug-likeness (QED) is 0.890. The van der Waals surface area contributed by atoms with Crippen LogP contribution in [0.5, 0.6) is 0 Å². The average Bonchev–Trinajstić information content (AvgIpc) is 2.82. The maximum absolute atomic E-state index is 11.6. The van der Waals surface area contributed by atoms with Gasteiger partial charge in [0.05, 0.1) is 27.9 Å². The zero-order valence-electron chi connectivity index (χ0n) is 10.2. The summed E-state index contributed by atoms with van der Waals surface area (Å²) in [7, 11) is 1.57. The molecule has 1 heterocycles. The van der Waals surface area contributed by atoms with Crippen molar-refractivity contribution in [2.45, 2.75) is 6.54 Å². The molecule has 0 radical (unpaired) electrons. The second-order valence-corrected chi connectivity index (χ2v) is 5.08. The van der Waals surface area contributed by atoms with Gasteiger partial charge in [0, 0.05) is 12.7 Å². The lowest BCUT2D eigenvalue weighted by atomic mass is 10.2. The van der Waals surface area contributed by atoms with Crippen molar-refractivity contribution in [2.75, 3.05) is 12.4 Å². The van der Waals surface area contributed by atoms with Crippen LogP contribution >= 0.6 is 27.5 Å². The van der Waals surface area contributed by atoms with Gasteiger partial charge in [0.15, 0.2) is 0 Å². The number of hydrogen-bond donors (Lipinski definition) is 2. The van der Waals surface area contributed by atoms with E-state index in [0.717, 1.165) is 15.9 Å². The van der Waals surface area contributed by atoms with E-state index in [0.29, 0.717) is 17.1 Å². The molecule has 6 heteroatoms. The molecule has 1 aromatic carbocycles. The molecule has 2 rings (SSSR count). The molecule has 0 fully saturated rings. The van der Waals surface area contributed by atoms with Gasteiger partial charge in [-0.1, -0.05) is 11.6 Å². The highest BCUT2D eigenvalue weighted by molar-refractivity contribution is 9.10. The van der Waals surface area contributed by atoms with Crippen molar-refractivity contribution >= 4 is 39.1 Å². The van der Waals surface area contributed by atoms with Gasteiger partial charge in [0.2, 0.25) is 0 Å². The predicted molar refractivity (Wildman–Crippen MR) is 78.6 cm³/mol. The number of anilines is 1. The summed E-state index contributed by atoms with van der Waals surface area (Å²) in [4.78, 5) is 11.6. The molecular weight excluding hydrogens is 332 g/mol. The van der Waals surface area contributed by atoms with Gasteiger partial charge in [-0.15, -0.1) is 0 Å². The van der Waals surface area contributed by atoms with E-state index in [1.54, 1.807) is 25.4 Å². The van der Waals surface area contributed by atoms with Gasteiger partial charge in [0.25, 0.3) is 5.91 Å². The van der Waals surface area contributed by atoms with Crippen LogP contribution in [0.1, 0.15) is 16.1 Å². The predicted octanol–water partition coefficient (Wildman–Crippen LogP) is 3.67. The van der Waals surface area contributed by atoms with Crippen molar-refractivity contribution in [3.8, 4) is 0 Å². The van der Waals surface area contributed by atoms with Crippen molar-refractivity contribution < 1.29 is 9.21 Å². The Morgan fingerprint density at radius 1 is 1.42 bits per heavy atom. The van der Waals surface area contributed by atoms with Crippen LogP contribution in [0.15, 0.2) is 39.4 Å². The average molecular weight is 344 g/mol. The monoisotopic (exact) mass is 342 g/mol. The van der Waals surface area contributed by atoms with E-state index in [-0.39, 0.29) is 5.91 Å². The number of nitrogens with one attached hydrogen (secondary N) is 2. The van der Waals surface area contributed by atoms with Gasteiger partial charge in [-0.05, 0) is 40.2 Å². The maximum atomic E-state index is 11.6. The second-order valence-electron chi connectivity index (χ2n) is 3.82. The third kappa shape index (κ3) is 3.30. The molecule has 0 spiro atoms. The minimum atomic E-state index is -0.215. The summed E-state index contributed by atoms with van der Waals surface area (Å²) in [5.74, 6) is 0.573. The highest BCUT2D eigenvalue weighted by Crippen LogP contribution is 2.23. The number of carbonyl (C=O) groups excluding carboxylic acids is 1. The lowest BCUT2D eigenvalue weighted by molar-refractivity contribution is 0.0963. The van der Waals surface area contributed by atoms with E-state index in [1.165, 1.54) is 0 Å². The smallest absolute Gasteiger partial charge is 0.252 e. The number of amides is 1. The highest BCUT2D eigenvalue weighted by atomic mass is 79.9. The summed E-state index contributed by atoms with van der Waals surface area (Å²) in [6.45, 7) is 0.516. The van der Waals surface area contributed by atoms with Crippen LogP contribution in [0.4, 0.5) is 5.69 Å².